The van der Waals surface area contributed by atoms with Gasteiger partial charge in [0.1, 0.15) is 4.99 Å². The zero-order valence-corrected chi connectivity index (χ0v) is 13.0. The normalized spacial score (nSPS) is 10.2. The van der Waals surface area contributed by atoms with E-state index in [1.54, 1.807) is 11.9 Å². The number of anilines is 1. The van der Waals surface area contributed by atoms with Gasteiger partial charge in [-0.25, -0.2) is 0 Å². The summed E-state index contributed by atoms with van der Waals surface area (Å²) >= 11 is 4.92. The number of hydrogen-bond acceptors (Lipinski definition) is 2. The first-order valence-electron chi connectivity index (χ1n) is 6.70. The third kappa shape index (κ3) is 3.67. The summed E-state index contributed by atoms with van der Waals surface area (Å²) in [6.07, 6.45) is 0.389. The van der Waals surface area contributed by atoms with E-state index in [-0.39, 0.29) is 5.91 Å². The van der Waals surface area contributed by atoms with Crippen LogP contribution in [-0.4, -0.2) is 17.9 Å². The Hall–Kier alpha value is -2.20. The van der Waals surface area contributed by atoms with Crippen molar-refractivity contribution in [3.8, 4) is 0 Å². The highest BCUT2D eigenvalue weighted by Crippen LogP contribution is 2.16. The number of thiocarbonyl (C=S) groups is 1. The molecule has 0 aliphatic rings. The lowest BCUT2D eigenvalue weighted by Gasteiger charge is -2.18. The monoisotopic (exact) mass is 298 g/mol. The fourth-order valence-electron chi connectivity index (χ4n) is 2.08. The summed E-state index contributed by atoms with van der Waals surface area (Å²) in [5, 5.41) is 0. The molecular formula is C17H18N2OS. The molecule has 108 valence electrons. The summed E-state index contributed by atoms with van der Waals surface area (Å²) < 4.78 is 0. The molecule has 0 heterocycles. The van der Waals surface area contributed by atoms with Gasteiger partial charge in [0.05, 0.1) is 6.42 Å². The van der Waals surface area contributed by atoms with E-state index in [4.69, 9.17) is 18.0 Å². The average molecular weight is 298 g/mol. The van der Waals surface area contributed by atoms with Crippen molar-refractivity contribution >= 4 is 28.8 Å². The second-order valence-corrected chi connectivity index (χ2v) is 5.41. The summed E-state index contributed by atoms with van der Waals surface area (Å²) in [5.74, 6) is 0.0485. The van der Waals surface area contributed by atoms with Crippen LogP contribution in [0.5, 0.6) is 0 Å². The van der Waals surface area contributed by atoms with Crippen LogP contribution in [0.3, 0.4) is 0 Å². The first-order valence-corrected chi connectivity index (χ1v) is 7.11. The number of carbonyl (C=O) groups is 1. The molecule has 0 saturated carbocycles. The van der Waals surface area contributed by atoms with Crippen LogP contribution >= 0.6 is 12.2 Å². The van der Waals surface area contributed by atoms with E-state index in [1.807, 2.05) is 55.5 Å². The quantitative estimate of drug-likeness (QED) is 0.883. The molecule has 0 aromatic heterocycles. The van der Waals surface area contributed by atoms with E-state index < -0.39 is 0 Å². The first kappa shape index (κ1) is 15.2. The Morgan fingerprint density at radius 2 is 1.76 bits per heavy atom. The van der Waals surface area contributed by atoms with Crippen LogP contribution in [0.1, 0.15) is 16.7 Å². The molecule has 0 fully saturated rings. The maximum atomic E-state index is 12.4. The van der Waals surface area contributed by atoms with Crippen molar-refractivity contribution in [2.45, 2.75) is 13.3 Å². The molecule has 2 N–H and O–H groups in total. The molecule has 3 nitrogen and oxygen atoms in total. The molecule has 0 unspecified atom stereocenters. The minimum Gasteiger partial charge on any atom is -0.389 e. The van der Waals surface area contributed by atoms with Gasteiger partial charge in [-0.15, -0.1) is 0 Å². The third-order valence-corrected chi connectivity index (χ3v) is 3.75. The molecule has 21 heavy (non-hydrogen) atoms. The Balaban J connectivity index is 2.12. The van der Waals surface area contributed by atoms with Gasteiger partial charge in [-0.05, 0) is 42.3 Å². The first-order chi connectivity index (χ1) is 9.99. The van der Waals surface area contributed by atoms with E-state index in [0.29, 0.717) is 11.4 Å². The highest BCUT2D eigenvalue weighted by molar-refractivity contribution is 7.80. The number of aryl methyl sites for hydroxylation is 1. The molecule has 2 aromatic rings. The Labute approximate surface area is 130 Å². The zero-order chi connectivity index (χ0) is 15.4. The van der Waals surface area contributed by atoms with E-state index >= 15 is 0 Å². The summed E-state index contributed by atoms with van der Waals surface area (Å²) in [6.45, 7) is 2.01. The highest BCUT2D eigenvalue weighted by atomic mass is 32.1. The van der Waals surface area contributed by atoms with Crippen molar-refractivity contribution in [1.29, 1.82) is 0 Å². The van der Waals surface area contributed by atoms with Crippen molar-refractivity contribution in [3.63, 3.8) is 0 Å². The number of benzene rings is 2. The van der Waals surface area contributed by atoms with Crippen LogP contribution in [0.2, 0.25) is 0 Å². The van der Waals surface area contributed by atoms with Crippen molar-refractivity contribution in [2.75, 3.05) is 11.9 Å². The molecule has 0 radical (unpaired) electrons. The average Bonchev–Trinajstić information content (AvgIpc) is 2.49. The van der Waals surface area contributed by atoms with E-state index in [1.165, 1.54) is 0 Å². The number of rotatable bonds is 4. The zero-order valence-electron chi connectivity index (χ0n) is 12.2. The summed E-state index contributed by atoms with van der Waals surface area (Å²) in [7, 11) is 1.77. The molecule has 4 heteroatoms. The molecule has 0 atom stereocenters. The van der Waals surface area contributed by atoms with Gasteiger partial charge in [-0.2, -0.15) is 0 Å². The van der Waals surface area contributed by atoms with E-state index in [9.17, 15) is 4.79 Å². The van der Waals surface area contributed by atoms with Gasteiger partial charge in [0.2, 0.25) is 5.91 Å². The Morgan fingerprint density at radius 3 is 2.33 bits per heavy atom. The minimum absolute atomic E-state index is 0.0485. The predicted molar refractivity (Wildman–Crippen MR) is 90.6 cm³/mol. The van der Waals surface area contributed by atoms with Crippen LogP contribution in [-0.2, 0) is 11.2 Å². The molecule has 2 rings (SSSR count). The van der Waals surface area contributed by atoms with Gasteiger partial charge in [0.25, 0.3) is 0 Å². The largest absolute Gasteiger partial charge is 0.389 e. The van der Waals surface area contributed by atoms with Crippen molar-refractivity contribution in [2.24, 2.45) is 5.73 Å². The molecular weight excluding hydrogens is 280 g/mol. The van der Waals surface area contributed by atoms with Crippen LogP contribution in [0.25, 0.3) is 0 Å². The van der Waals surface area contributed by atoms with Gasteiger partial charge in [-0.1, -0.05) is 36.5 Å². The number of nitrogens with two attached hydrogens (primary N) is 1. The number of nitrogens with zero attached hydrogens (tertiary/aromatic N) is 1. The van der Waals surface area contributed by atoms with Gasteiger partial charge in [0, 0.05) is 18.3 Å². The van der Waals surface area contributed by atoms with Crippen LogP contribution < -0.4 is 10.6 Å². The summed E-state index contributed by atoms with van der Waals surface area (Å²) in [4.78, 5) is 14.4. The lowest BCUT2D eigenvalue weighted by atomic mass is 10.1. The standard InChI is InChI=1S/C17H18N2OS/c1-12-5-3-4-6-14(12)11-16(20)19(2)15-9-7-13(8-10-15)17(18)21/h3-10H,11H2,1-2H3,(H2,18,21). The van der Waals surface area contributed by atoms with Crippen molar-refractivity contribution in [1.82, 2.24) is 0 Å². The Bertz CT molecular complexity index is 665. The maximum Gasteiger partial charge on any atom is 0.231 e. The lowest BCUT2D eigenvalue weighted by Crippen LogP contribution is -2.28. The number of carbonyl (C=O) groups excluding carboxylic acids is 1. The van der Waals surface area contributed by atoms with Gasteiger partial charge in [-0.3, -0.25) is 4.79 Å². The van der Waals surface area contributed by atoms with Crippen LogP contribution in [0.15, 0.2) is 48.5 Å². The second-order valence-electron chi connectivity index (χ2n) is 4.97. The van der Waals surface area contributed by atoms with Crippen LogP contribution in [0, 0.1) is 6.92 Å². The molecule has 2 aromatic carbocycles. The van der Waals surface area contributed by atoms with Gasteiger partial charge in [0.15, 0.2) is 0 Å². The van der Waals surface area contributed by atoms with Gasteiger partial charge < -0.3 is 10.6 Å². The minimum atomic E-state index is 0.0485. The maximum absolute atomic E-state index is 12.4. The lowest BCUT2D eigenvalue weighted by molar-refractivity contribution is -0.117. The van der Waals surface area contributed by atoms with E-state index in [2.05, 4.69) is 0 Å². The molecule has 0 aliphatic heterocycles. The summed E-state index contributed by atoms with van der Waals surface area (Å²) in [6, 6.07) is 15.3. The summed E-state index contributed by atoms with van der Waals surface area (Å²) in [5.41, 5.74) is 9.37. The van der Waals surface area contributed by atoms with E-state index in [0.717, 1.165) is 22.4 Å². The van der Waals surface area contributed by atoms with Crippen molar-refractivity contribution in [3.05, 3.63) is 65.2 Å². The number of hydrogen-bond donors (Lipinski definition) is 1. The molecule has 0 spiro atoms. The second kappa shape index (κ2) is 6.50. The smallest absolute Gasteiger partial charge is 0.231 e. The number of likely N-dealkylation sites (N-methyl/N-ethyl adjacent to an activating group) is 1. The van der Waals surface area contributed by atoms with Gasteiger partial charge >= 0.3 is 0 Å². The predicted octanol–water partition coefficient (Wildman–Crippen LogP) is 2.83. The molecule has 0 aliphatic carbocycles. The fourth-order valence-corrected chi connectivity index (χ4v) is 2.22. The Kier molecular flexibility index (Phi) is 4.70. The molecule has 1 amide bonds. The van der Waals surface area contributed by atoms with Crippen LogP contribution in [0.4, 0.5) is 5.69 Å². The number of amides is 1. The molecule has 0 saturated heterocycles. The molecule has 0 bridgehead atoms. The third-order valence-electron chi connectivity index (χ3n) is 3.52. The fraction of sp³-hybridized carbons (Fsp3) is 0.176. The Morgan fingerprint density at radius 1 is 1.14 bits per heavy atom. The topological polar surface area (TPSA) is 46.3 Å². The highest BCUT2D eigenvalue weighted by Gasteiger charge is 2.12. The van der Waals surface area contributed by atoms with Crippen molar-refractivity contribution < 1.29 is 4.79 Å². The SMILES string of the molecule is Cc1ccccc1CC(=O)N(C)c1ccc(C(N)=S)cc1.